The van der Waals surface area contributed by atoms with Gasteiger partial charge in [0.1, 0.15) is 17.5 Å². The van der Waals surface area contributed by atoms with Crippen molar-refractivity contribution in [1.29, 1.82) is 0 Å². The van der Waals surface area contributed by atoms with E-state index in [1.54, 1.807) is 25.6 Å². The number of halogens is 1. The second-order valence-corrected chi connectivity index (χ2v) is 4.79. The third-order valence-electron chi connectivity index (χ3n) is 2.21. The lowest BCUT2D eigenvalue weighted by atomic mass is 10.1. The molecule has 2 aromatic rings. The Hall–Kier alpha value is -1.56. The first-order valence-electron chi connectivity index (χ1n) is 4.65. The van der Waals surface area contributed by atoms with E-state index >= 15 is 0 Å². The van der Waals surface area contributed by atoms with Crippen molar-refractivity contribution in [1.82, 2.24) is 14.8 Å². The number of carbonyl (C=O) groups is 1. The molecule has 2 rings (SSSR count). The average molecular weight is 239 g/mol. The highest BCUT2D eigenvalue weighted by Gasteiger charge is 2.23. The molecule has 2 aromatic heterocycles. The van der Waals surface area contributed by atoms with Crippen LogP contribution < -0.4 is 0 Å². The molecule has 0 aromatic carbocycles. The van der Waals surface area contributed by atoms with Gasteiger partial charge >= 0.3 is 0 Å². The first-order valence-corrected chi connectivity index (χ1v) is 5.53. The molecule has 0 aliphatic heterocycles. The maximum atomic E-state index is 13.6. The molecule has 0 aliphatic carbocycles. The average Bonchev–Trinajstić information content (AvgIpc) is 2.86. The molecule has 84 valence electrons. The second kappa shape index (κ2) is 3.79. The number of hydrogen-bond acceptors (Lipinski definition) is 4. The Balaban J connectivity index is 2.48. The van der Waals surface area contributed by atoms with E-state index in [9.17, 15) is 9.18 Å². The molecule has 0 fully saturated rings. The number of rotatable bonds is 3. The van der Waals surface area contributed by atoms with Gasteiger partial charge in [-0.2, -0.15) is 5.10 Å². The summed E-state index contributed by atoms with van der Waals surface area (Å²) in [5.41, 5.74) is 1.00. The van der Waals surface area contributed by atoms with Gasteiger partial charge in [0.2, 0.25) is 0 Å². The molecule has 6 heteroatoms. The molecule has 2 heterocycles. The summed E-state index contributed by atoms with van der Waals surface area (Å²) in [6, 6.07) is 0. The minimum Gasteiger partial charge on any atom is -0.301 e. The van der Waals surface area contributed by atoms with Gasteiger partial charge in [-0.05, 0) is 13.8 Å². The number of nitrogens with zero attached hydrogens (tertiary/aromatic N) is 3. The molecule has 16 heavy (non-hydrogen) atoms. The molecule has 0 unspecified atom stereocenters. The third-order valence-corrected chi connectivity index (χ3v) is 2.99. The largest absolute Gasteiger partial charge is 0.301 e. The van der Waals surface area contributed by atoms with Crippen molar-refractivity contribution in [3.63, 3.8) is 0 Å². The lowest BCUT2D eigenvalue weighted by Crippen LogP contribution is -2.28. The summed E-state index contributed by atoms with van der Waals surface area (Å²) in [6.45, 7) is 3.34. The molecule has 0 saturated heterocycles. The number of carbonyl (C=O) groups excluding carboxylic acids is 1. The van der Waals surface area contributed by atoms with E-state index in [4.69, 9.17) is 0 Å². The Morgan fingerprint density at radius 3 is 2.88 bits per heavy atom. The van der Waals surface area contributed by atoms with Crippen molar-refractivity contribution in [2.24, 2.45) is 0 Å². The molecule has 0 aliphatic rings. The van der Waals surface area contributed by atoms with Crippen LogP contribution in [0.5, 0.6) is 0 Å². The van der Waals surface area contributed by atoms with Crippen LogP contribution in [0.1, 0.15) is 13.8 Å². The molecule has 0 saturated carbocycles. The lowest BCUT2D eigenvalue weighted by molar-refractivity contribution is -0.114. The summed E-state index contributed by atoms with van der Waals surface area (Å²) >= 11 is 1.31. The van der Waals surface area contributed by atoms with Crippen molar-refractivity contribution in [3.8, 4) is 10.6 Å². The Bertz CT molecular complexity index is 504. The van der Waals surface area contributed by atoms with Crippen LogP contribution in [0.25, 0.3) is 10.6 Å². The van der Waals surface area contributed by atoms with Crippen molar-refractivity contribution in [3.05, 3.63) is 23.7 Å². The highest BCUT2D eigenvalue weighted by Crippen LogP contribution is 2.26. The van der Waals surface area contributed by atoms with Crippen molar-refractivity contribution in [2.45, 2.75) is 19.4 Å². The fraction of sp³-hybridized carbons (Fsp3) is 0.300. The fourth-order valence-electron chi connectivity index (χ4n) is 1.20. The highest BCUT2D eigenvalue weighted by atomic mass is 32.1. The minimum atomic E-state index is -0.843. The van der Waals surface area contributed by atoms with E-state index in [0.29, 0.717) is 4.88 Å². The maximum absolute atomic E-state index is 13.6. The van der Waals surface area contributed by atoms with Crippen LogP contribution in [-0.4, -0.2) is 21.1 Å². The van der Waals surface area contributed by atoms with E-state index in [-0.39, 0.29) is 5.69 Å². The Kier molecular flexibility index (Phi) is 2.59. The molecule has 0 amide bonds. The Morgan fingerprint density at radius 1 is 1.56 bits per heavy atom. The fourth-order valence-corrected chi connectivity index (χ4v) is 1.81. The van der Waals surface area contributed by atoms with Crippen LogP contribution in [0, 0.1) is 5.82 Å². The first kappa shape index (κ1) is 10.9. The van der Waals surface area contributed by atoms with E-state index < -0.39 is 11.4 Å². The van der Waals surface area contributed by atoms with Gasteiger partial charge < -0.3 is 4.79 Å². The number of thiazole rings is 1. The molecular formula is C10H10FN3OS. The summed E-state index contributed by atoms with van der Waals surface area (Å²) < 4.78 is 14.9. The predicted octanol–water partition coefficient (Wildman–Crippen LogP) is 2.08. The Labute approximate surface area is 95.7 Å². The summed E-state index contributed by atoms with van der Waals surface area (Å²) in [5.74, 6) is -0.445. The molecule has 0 atom stereocenters. The highest BCUT2D eigenvalue weighted by molar-refractivity contribution is 7.13. The zero-order chi connectivity index (χ0) is 11.8. The summed E-state index contributed by atoms with van der Waals surface area (Å²) in [6.07, 6.45) is 3.51. The lowest BCUT2D eigenvalue weighted by Gasteiger charge is -2.16. The molecule has 0 radical (unpaired) electrons. The van der Waals surface area contributed by atoms with E-state index in [1.807, 2.05) is 0 Å². The van der Waals surface area contributed by atoms with Gasteiger partial charge in [-0.15, -0.1) is 11.3 Å². The molecule has 0 bridgehead atoms. The SMILES string of the molecule is CC(C)(C=O)n1cc(F)c(-c2cncs2)n1. The van der Waals surface area contributed by atoms with Crippen molar-refractivity contribution in [2.75, 3.05) is 0 Å². The van der Waals surface area contributed by atoms with Crippen LogP contribution in [0.2, 0.25) is 0 Å². The normalized spacial score (nSPS) is 11.7. The number of hydrogen-bond donors (Lipinski definition) is 0. The van der Waals surface area contributed by atoms with E-state index in [0.717, 1.165) is 6.29 Å². The van der Waals surface area contributed by atoms with Crippen LogP contribution in [0.3, 0.4) is 0 Å². The van der Waals surface area contributed by atoms with Crippen molar-refractivity contribution >= 4 is 17.6 Å². The molecule has 4 nitrogen and oxygen atoms in total. The van der Waals surface area contributed by atoms with Gasteiger partial charge in [-0.25, -0.2) is 4.39 Å². The van der Waals surface area contributed by atoms with Gasteiger partial charge in [0, 0.05) is 6.20 Å². The quantitative estimate of drug-likeness (QED) is 0.770. The zero-order valence-corrected chi connectivity index (χ0v) is 9.66. The van der Waals surface area contributed by atoms with Crippen molar-refractivity contribution < 1.29 is 9.18 Å². The topological polar surface area (TPSA) is 47.8 Å². The van der Waals surface area contributed by atoms with E-state index in [2.05, 4.69) is 10.1 Å². The van der Waals surface area contributed by atoms with Crippen LogP contribution in [-0.2, 0) is 10.3 Å². The Morgan fingerprint density at radius 2 is 2.31 bits per heavy atom. The van der Waals surface area contributed by atoms with Crippen LogP contribution in [0.4, 0.5) is 4.39 Å². The van der Waals surface area contributed by atoms with Gasteiger partial charge in [-0.3, -0.25) is 9.67 Å². The van der Waals surface area contributed by atoms with Gasteiger partial charge in [0.15, 0.2) is 5.82 Å². The maximum Gasteiger partial charge on any atom is 0.170 e. The molecule has 0 N–H and O–H groups in total. The number of aldehydes is 1. The summed E-state index contributed by atoms with van der Waals surface area (Å²) in [4.78, 5) is 15.4. The number of aromatic nitrogens is 3. The predicted molar refractivity (Wildman–Crippen MR) is 58.7 cm³/mol. The van der Waals surface area contributed by atoms with Crippen LogP contribution in [0.15, 0.2) is 17.9 Å². The van der Waals surface area contributed by atoms with Gasteiger partial charge in [-0.1, -0.05) is 0 Å². The van der Waals surface area contributed by atoms with Gasteiger partial charge in [0.05, 0.1) is 16.6 Å². The molecular weight excluding hydrogens is 229 g/mol. The van der Waals surface area contributed by atoms with Gasteiger partial charge in [0.25, 0.3) is 0 Å². The van der Waals surface area contributed by atoms with Crippen LogP contribution >= 0.6 is 11.3 Å². The second-order valence-electron chi connectivity index (χ2n) is 3.91. The zero-order valence-electron chi connectivity index (χ0n) is 8.85. The van der Waals surface area contributed by atoms with E-state index in [1.165, 1.54) is 22.2 Å². The monoisotopic (exact) mass is 239 g/mol. The summed E-state index contributed by atoms with van der Waals surface area (Å²) in [7, 11) is 0. The first-order chi connectivity index (χ1) is 7.54. The smallest absolute Gasteiger partial charge is 0.170 e. The minimum absolute atomic E-state index is 0.234. The summed E-state index contributed by atoms with van der Waals surface area (Å²) in [5, 5.41) is 4.08. The molecule has 0 spiro atoms. The standard InChI is InChI=1S/C10H10FN3OS/c1-10(2,5-15)14-4-7(11)9(13-14)8-3-12-6-16-8/h3-6H,1-2H3. The third kappa shape index (κ3) is 1.76.